The highest BCUT2D eigenvalue weighted by Gasteiger charge is 2.12. The molecular weight excluding hydrogens is 258 g/mol. The molecule has 2 rings (SSSR count). The minimum atomic E-state index is 0.113. The Bertz CT molecular complexity index is 564. The van der Waals surface area contributed by atoms with Crippen molar-refractivity contribution in [3.8, 4) is 5.75 Å². The fourth-order valence-corrected chi connectivity index (χ4v) is 2.92. The fourth-order valence-electron chi connectivity index (χ4n) is 2.92. The highest BCUT2D eigenvalue weighted by Crippen LogP contribution is 2.32. The van der Waals surface area contributed by atoms with E-state index in [1.54, 1.807) is 7.11 Å². The van der Waals surface area contributed by atoms with Crippen LogP contribution in [0.1, 0.15) is 57.1 Å². The highest BCUT2D eigenvalue weighted by molar-refractivity contribution is 5.91. The number of hydrogen-bond donors (Lipinski definition) is 1. The van der Waals surface area contributed by atoms with Crippen LogP contribution in [0.2, 0.25) is 0 Å². The molecule has 0 bridgehead atoms. The van der Waals surface area contributed by atoms with Crippen molar-refractivity contribution >= 4 is 10.8 Å². The zero-order valence-electron chi connectivity index (χ0n) is 13.3. The van der Waals surface area contributed by atoms with Crippen molar-refractivity contribution in [1.29, 1.82) is 0 Å². The summed E-state index contributed by atoms with van der Waals surface area (Å²) in [5, 5.41) is 2.37. The van der Waals surface area contributed by atoms with Gasteiger partial charge in [0.2, 0.25) is 0 Å². The van der Waals surface area contributed by atoms with Crippen molar-refractivity contribution in [2.75, 3.05) is 7.11 Å². The molecule has 0 spiro atoms. The number of nitrogens with two attached hydrogens (primary N) is 1. The lowest BCUT2D eigenvalue weighted by molar-refractivity contribution is 0.419. The van der Waals surface area contributed by atoms with Crippen molar-refractivity contribution in [2.45, 2.75) is 51.5 Å². The first-order chi connectivity index (χ1) is 10.3. The van der Waals surface area contributed by atoms with Crippen LogP contribution in [0.3, 0.4) is 0 Å². The van der Waals surface area contributed by atoms with Gasteiger partial charge in [0.25, 0.3) is 0 Å². The molecule has 0 heterocycles. The van der Waals surface area contributed by atoms with E-state index in [9.17, 15) is 0 Å². The monoisotopic (exact) mass is 285 g/mol. The average Bonchev–Trinajstić information content (AvgIpc) is 2.53. The summed E-state index contributed by atoms with van der Waals surface area (Å²) in [5.74, 6) is 0.921. The maximum Gasteiger partial charge on any atom is 0.126 e. The topological polar surface area (TPSA) is 35.2 Å². The molecule has 0 saturated carbocycles. The molecule has 1 atom stereocenters. The molecule has 21 heavy (non-hydrogen) atoms. The quantitative estimate of drug-likeness (QED) is 0.676. The standard InChI is InChI=1S/C19H27NO/c1-3-4-5-6-7-12-18(20)16-13-14-19(21-2)17-11-9-8-10-15(16)17/h8-11,13-14,18H,3-7,12,20H2,1-2H3. The average molecular weight is 285 g/mol. The van der Waals surface area contributed by atoms with Crippen LogP contribution in [0.5, 0.6) is 5.75 Å². The summed E-state index contributed by atoms with van der Waals surface area (Å²) in [7, 11) is 1.72. The van der Waals surface area contributed by atoms with Gasteiger partial charge in [-0.05, 0) is 23.4 Å². The van der Waals surface area contributed by atoms with Crippen molar-refractivity contribution in [3.05, 3.63) is 42.0 Å². The summed E-state index contributed by atoms with van der Waals surface area (Å²) >= 11 is 0. The summed E-state index contributed by atoms with van der Waals surface area (Å²) in [6.07, 6.45) is 7.50. The van der Waals surface area contributed by atoms with Gasteiger partial charge in [-0.15, -0.1) is 0 Å². The van der Waals surface area contributed by atoms with E-state index < -0.39 is 0 Å². The Hall–Kier alpha value is -1.54. The largest absolute Gasteiger partial charge is 0.496 e. The number of ether oxygens (including phenoxy) is 1. The minimum absolute atomic E-state index is 0.113. The van der Waals surface area contributed by atoms with E-state index in [4.69, 9.17) is 10.5 Å². The third-order valence-corrected chi connectivity index (χ3v) is 4.16. The molecule has 2 N–H and O–H groups in total. The van der Waals surface area contributed by atoms with E-state index in [-0.39, 0.29) is 6.04 Å². The van der Waals surface area contributed by atoms with E-state index in [0.29, 0.717) is 0 Å². The van der Waals surface area contributed by atoms with Gasteiger partial charge in [0.05, 0.1) is 7.11 Å². The zero-order chi connectivity index (χ0) is 15.1. The third kappa shape index (κ3) is 3.98. The molecule has 2 heteroatoms. The van der Waals surface area contributed by atoms with Crippen LogP contribution in [0.25, 0.3) is 10.8 Å². The van der Waals surface area contributed by atoms with Crippen LogP contribution in [-0.4, -0.2) is 7.11 Å². The molecule has 0 aliphatic rings. The Morgan fingerprint density at radius 2 is 1.67 bits per heavy atom. The summed E-state index contributed by atoms with van der Waals surface area (Å²) in [6.45, 7) is 2.25. The van der Waals surface area contributed by atoms with Gasteiger partial charge in [-0.1, -0.05) is 69.4 Å². The number of unbranched alkanes of at least 4 members (excludes halogenated alkanes) is 4. The highest BCUT2D eigenvalue weighted by atomic mass is 16.5. The lowest BCUT2D eigenvalue weighted by atomic mass is 9.95. The summed E-state index contributed by atoms with van der Waals surface area (Å²) in [4.78, 5) is 0. The molecule has 0 aliphatic carbocycles. The first kappa shape index (κ1) is 15.8. The SMILES string of the molecule is CCCCCCCC(N)c1ccc(OC)c2ccccc12. The third-order valence-electron chi connectivity index (χ3n) is 4.16. The van der Waals surface area contributed by atoms with E-state index in [2.05, 4.69) is 31.2 Å². The second kappa shape index (κ2) is 8.04. The normalized spacial score (nSPS) is 12.5. The Morgan fingerprint density at radius 1 is 0.952 bits per heavy atom. The predicted molar refractivity (Wildman–Crippen MR) is 90.8 cm³/mol. The Balaban J connectivity index is 2.10. The lowest BCUT2D eigenvalue weighted by Gasteiger charge is -2.16. The van der Waals surface area contributed by atoms with E-state index >= 15 is 0 Å². The van der Waals surface area contributed by atoms with Gasteiger partial charge in [-0.3, -0.25) is 0 Å². The van der Waals surface area contributed by atoms with Gasteiger partial charge in [-0.2, -0.15) is 0 Å². The van der Waals surface area contributed by atoms with Crippen molar-refractivity contribution < 1.29 is 4.74 Å². The van der Waals surface area contributed by atoms with Crippen molar-refractivity contribution in [1.82, 2.24) is 0 Å². The van der Waals surface area contributed by atoms with Gasteiger partial charge < -0.3 is 10.5 Å². The molecule has 2 aromatic carbocycles. The first-order valence-corrected chi connectivity index (χ1v) is 8.09. The molecule has 1 unspecified atom stereocenters. The van der Waals surface area contributed by atoms with E-state index in [1.165, 1.54) is 43.1 Å². The molecule has 0 aromatic heterocycles. The Labute approximate surface area is 128 Å². The second-order valence-corrected chi connectivity index (χ2v) is 5.71. The second-order valence-electron chi connectivity index (χ2n) is 5.71. The van der Waals surface area contributed by atoms with Gasteiger partial charge >= 0.3 is 0 Å². The number of rotatable bonds is 8. The van der Waals surface area contributed by atoms with Crippen LogP contribution in [0, 0.1) is 0 Å². The summed E-state index contributed by atoms with van der Waals surface area (Å²) in [6, 6.07) is 12.6. The summed E-state index contributed by atoms with van der Waals surface area (Å²) in [5.41, 5.74) is 7.66. The van der Waals surface area contributed by atoms with Gasteiger partial charge in [0.1, 0.15) is 5.75 Å². The first-order valence-electron chi connectivity index (χ1n) is 8.09. The fraction of sp³-hybridized carbons (Fsp3) is 0.474. The molecule has 2 aromatic rings. The van der Waals surface area contributed by atoms with E-state index in [1.807, 2.05) is 12.1 Å². The van der Waals surface area contributed by atoms with Crippen molar-refractivity contribution in [3.63, 3.8) is 0 Å². The van der Waals surface area contributed by atoms with Crippen molar-refractivity contribution in [2.24, 2.45) is 5.73 Å². The van der Waals surface area contributed by atoms with Gasteiger partial charge in [-0.25, -0.2) is 0 Å². The molecular formula is C19H27NO. The molecule has 2 nitrogen and oxygen atoms in total. The maximum absolute atomic E-state index is 6.43. The van der Waals surface area contributed by atoms with Gasteiger partial charge in [0.15, 0.2) is 0 Å². The predicted octanol–water partition coefficient (Wildman–Crippen LogP) is 5.21. The van der Waals surface area contributed by atoms with Crippen LogP contribution < -0.4 is 10.5 Å². The molecule has 0 amide bonds. The van der Waals surface area contributed by atoms with Crippen LogP contribution in [0.15, 0.2) is 36.4 Å². The lowest BCUT2D eigenvalue weighted by Crippen LogP contribution is -2.10. The van der Waals surface area contributed by atoms with E-state index in [0.717, 1.165) is 17.6 Å². The number of benzene rings is 2. The molecule has 0 saturated heterocycles. The minimum Gasteiger partial charge on any atom is -0.496 e. The van der Waals surface area contributed by atoms with Gasteiger partial charge in [0, 0.05) is 11.4 Å². The van der Waals surface area contributed by atoms with Crippen LogP contribution in [0.4, 0.5) is 0 Å². The summed E-state index contributed by atoms with van der Waals surface area (Å²) < 4.78 is 5.45. The Kier molecular flexibility index (Phi) is 6.06. The number of methoxy groups -OCH3 is 1. The molecule has 114 valence electrons. The van der Waals surface area contributed by atoms with Crippen LogP contribution >= 0.6 is 0 Å². The number of hydrogen-bond acceptors (Lipinski definition) is 2. The Morgan fingerprint density at radius 3 is 2.38 bits per heavy atom. The molecule has 0 fully saturated rings. The smallest absolute Gasteiger partial charge is 0.126 e. The molecule has 0 radical (unpaired) electrons. The molecule has 0 aliphatic heterocycles. The number of fused-ring (bicyclic) bond motifs is 1. The van der Waals surface area contributed by atoms with Crippen LogP contribution in [-0.2, 0) is 0 Å². The zero-order valence-corrected chi connectivity index (χ0v) is 13.3. The maximum atomic E-state index is 6.43.